The van der Waals surface area contributed by atoms with Gasteiger partial charge in [0.15, 0.2) is 11.9 Å². The number of hydrogen-bond donors (Lipinski definition) is 2. The van der Waals surface area contributed by atoms with Crippen LogP contribution in [0.1, 0.15) is 73.4 Å². The summed E-state index contributed by atoms with van der Waals surface area (Å²) in [5, 5.41) is 4.97. The molecule has 0 radical (unpaired) electrons. The van der Waals surface area contributed by atoms with Gasteiger partial charge in [0.1, 0.15) is 0 Å². The Morgan fingerprint density at radius 1 is 1.03 bits per heavy atom. The van der Waals surface area contributed by atoms with Crippen molar-refractivity contribution >= 4 is 23.7 Å². The maximum Gasteiger partial charge on any atom is 0.321 e. The Hall–Kier alpha value is -2.70. The zero-order chi connectivity index (χ0) is 21.4. The fourth-order valence-electron chi connectivity index (χ4n) is 3.27. The number of carbonyl (C=O) groups is 4. The summed E-state index contributed by atoms with van der Waals surface area (Å²) in [7, 11) is 0. The number of ether oxygens (including phenoxy) is 1. The molecule has 29 heavy (non-hydrogen) atoms. The van der Waals surface area contributed by atoms with Crippen molar-refractivity contribution in [1.82, 2.24) is 10.6 Å². The van der Waals surface area contributed by atoms with Crippen molar-refractivity contribution in [2.24, 2.45) is 0 Å². The molecule has 0 spiro atoms. The lowest BCUT2D eigenvalue weighted by molar-refractivity contribution is -0.154. The summed E-state index contributed by atoms with van der Waals surface area (Å²) >= 11 is 0. The first-order valence-corrected chi connectivity index (χ1v) is 10.2. The van der Waals surface area contributed by atoms with Crippen LogP contribution >= 0.6 is 0 Å². The number of benzene rings is 1. The van der Waals surface area contributed by atoms with E-state index in [4.69, 9.17) is 4.74 Å². The molecule has 2 N–H and O–H groups in total. The molecule has 0 heterocycles. The van der Waals surface area contributed by atoms with E-state index in [0.29, 0.717) is 5.56 Å². The number of amides is 3. The molecule has 0 aliphatic heterocycles. The van der Waals surface area contributed by atoms with Gasteiger partial charge in [-0.15, -0.1) is 0 Å². The maximum absolute atomic E-state index is 12.2. The van der Waals surface area contributed by atoms with Crippen LogP contribution in [0.5, 0.6) is 0 Å². The number of urea groups is 1. The highest BCUT2D eigenvalue weighted by Gasteiger charge is 2.22. The summed E-state index contributed by atoms with van der Waals surface area (Å²) in [6.45, 7) is 5.28. The normalized spacial score (nSPS) is 15.3. The van der Waals surface area contributed by atoms with Gasteiger partial charge in [0.25, 0.3) is 5.91 Å². The Kier molecular flexibility index (Phi) is 8.36. The average Bonchev–Trinajstić information content (AvgIpc) is 2.68. The van der Waals surface area contributed by atoms with Crippen LogP contribution < -0.4 is 10.6 Å². The van der Waals surface area contributed by atoms with Gasteiger partial charge in [0.05, 0.1) is 6.42 Å². The van der Waals surface area contributed by atoms with Gasteiger partial charge in [-0.1, -0.05) is 31.4 Å². The Bertz CT molecular complexity index is 768. The van der Waals surface area contributed by atoms with Gasteiger partial charge >= 0.3 is 12.0 Å². The lowest BCUT2D eigenvalue weighted by atomic mass is 9.96. The van der Waals surface area contributed by atoms with Crippen LogP contribution in [-0.2, 0) is 14.3 Å². The van der Waals surface area contributed by atoms with Gasteiger partial charge in [-0.25, -0.2) is 4.79 Å². The number of nitrogens with one attached hydrogen (secondary N) is 2. The molecule has 158 valence electrons. The van der Waals surface area contributed by atoms with E-state index in [2.05, 4.69) is 10.6 Å². The lowest BCUT2D eigenvalue weighted by Crippen LogP contribution is -2.48. The molecule has 0 saturated heterocycles. The van der Waals surface area contributed by atoms with E-state index in [1.807, 2.05) is 19.9 Å². The van der Waals surface area contributed by atoms with E-state index in [1.54, 1.807) is 12.1 Å². The van der Waals surface area contributed by atoms with Crippen LogP contribution in [-0.4, -0.2) is 35.8 Å². The molecule has 2 rings (SSSR count). The maximum atomic E-state index is 12.2. The summed E-state index contributed by atoms with van der Waals surface area (Å²) in [6, 6.07) is 4.90. The molecule has 7 nitrogen and oxygen atoms in total. The molecule has 0 aromatic heterocycles. The van der Waals surface area contributed by atoms with Crippen molar-refractivity contribution in [3.05, 3.63) is 34.9 Å². The minimum absolute atomic E-state index is 0.00214. The van der Waals surface area contributed by atoms with E-state index < -0.39 is 24.0 Å². The van der Waals surface area contributed by atoms with Gasteiger partial charge in [-0.3, -0.25) is 19.7 Å². The van der Waals surface area contributed by atoms with Gasteiger partial charge in [-0.05, 0) is 50.8 Å². The third kappa shape index (κ3) is 7.33. The minimum atomic E-state index is -1.11. The van der Waals surface area contributed by atoms with Crippen molar-refractivity contribution in [3.63, 3.8) is 0 Å². The van der Waals surface area contributed by atoms with Crippen molar-refractivity contribution < 1.29 is 23.9 Å². The lowest BCUT2D eigenvalue weighted by Gasteiger charge is -2.23. The molecule has 1 aliphatic carbocycles. The molecule has 7 heteroatoms. The molecule has 1 atom stereocenters. The molecular weight excluding hydrogens is 372 g/mol. The van der Waals surface area contributed by atoms with Gasteiger partial charge < -0.3 is 10.1 Å². The number of ketones is 1. The number of hydrogen-bond acceptors (Lipinski definition) is 5. The van der Waals surface area contributed by atoms with Crippen LogP contribution in [0.4, 0.5) is 4.79 Å². The zero-order valence-electron chi connectivity index (χ0n) is 17.4. The number of Topliss-reactive ketones (excluding diaryl/α,β-unsaturated/α-hetero) is 1. The molecule has 3 amide bonds. The predicted molar refractivity (Wildman–Crippen MR) is 109 cm³/mol. The second-order valence-corrected chi connectivity index (χ2v) is 7.65. The molecular formula is C22H30N2O5. The number of carbonyl (C=O) groups excluding carboxylic acids is 4. The first-order chi connectivity index (χ1) is 13.8. The Morgan fingerprint density at radius 3 is 2.38 bits per heavy atom. The van der Waals surface area contributed by atoms with Crippen LogP contribution in [0.15, 0.2) is 18.2 Å². The van der Waals surface area contributed by atoms with E-state index in [1.165, 1.54) is 6.92 Å². The Labute approximate surface area is 171 Å². The summed E-state index contributed by atoms with van der Waals surface area (Å²) < 4.78 is 5.05. The number of rotatable bonds is 7. The van der Waals surface area contributed by atoms with Gasteiger partial charge in [-0.2, -0.15) is 0 Å². The van der Waals surface area contributed by atoms with Crippen LogP contribution in [0.3, 0.4) is 0 Å². The highest BCUT2D eigenvalue weighted by molar-refractivity contribution is 5.99. The minimum Gasteiger partial charge on any atom is -0.453 e. The van der Waals surface area contributed by atoms with Crippen LogP contribution in [0.2, 0.25) is 0 Å². The number of aryl methyl sites for hydroxylation is 2. The SMILES string of the molecule is Cc1ccc(C(=O)CCC(=O)OC(C)C(=O)NC(=O)NC2CCCCC2)cc1C. The summed E-state index contributed by atoms with van der Waals surface area (Å²) in [6.07, 6.45) is 3.85. The first-order valence-electron chi connectivity index (χ1n) is 10.2. The van der Waals surface area contributed by atoms with E-state index in [9.17, 15) is 19.2 Å². The van der Waals surface area contributed by atoms with Crippen molar-refractivity contribution in [3.8, 4) is 0 Å². The van der Waals surface area contributed by atoms with Gasteiger partial charge in [0.2, 0.25) is 0 Å². The van der Waals surface area contributed by atoms with Crippen LogP contribution in [0, 0.1) is 13.8 Å². The molecule has 0 bridgehead atoms. The molecule has 1 fully saturated rings. The summed E-state index contributed by atoms with van der Waals surface area (Å²) in [4.78, 5) is 48.1. The monoisotopic (exact) mass is 402 g/mol. The van der Waals surface area contributed by atoms with Crippen molar-refractivity contribution in [2.45, 2.75) is 77.9 Å². The molecule has 1 aliphatic rings. The van der Waals surface area contributed by atoms with E-state index in [-0.39, 0.29) is 24.7 Å². The smallest absolute Gasteiger partial charge is 0.321 e. The molecule has 1 aromatic rings. The quantitative estimate of drug-likeness (QED) is 0.538. The zero-order valence-corrected chi connectivity index (χ0v) is 17.4. The second-order valence-electron chi connectivity index (χ2n) is 7.65. The summed E-state index contributed by atoms with van der Waals surface area (Å²) in [5.41, 5.74) is 2.65. The third-order valence-electron chi connectivity index (χ3n) is 5.24. The Balaban J connectivity index is 1.72. The molecule has 1 saturated carbocycles. The topological polar surface area (TPSA) is 102 Å². The largest absolute Gasteiger partial charge is 0.453 e. The molecule has 1 aromatic carbocycles. The van der Waals surface area contributed by atoms with E-state index >= 15 is 0 Å². The third-order valence-corrected chi connectivity index (χ3v) is 5.24. The predicted octanol–water partition coefficient (Wildman–Crippen LogP) is 3.36. The first kappa shape index (κ1) is 22.6. The van der Waals surface area contributed by atoms with Gasteiger partial charge in [0, 0.05) is 18.0 Å². The number of imide groups is 1. The number of esters is 1. The van der Waals surface area contributed by atoms with Crippen molar-refractivity contribution in [2.75, 3.05) is 0 Å². The summed E-state index contributed by atoms with van der Waals surface area (Å²) in [5.74, 6) is -1.50. The highest BCUT2D eigenvalue weighted by atomic mass is 16.5. The van der Waals surface area contributed by atoms with Crippen molar-refractivity contribution in [1.29, 1.82) is 0 Å². The fourth-order valence-corrected chi connectivity index (χ4v) is 3.27. The second kappa shape index (κ2) is 10.7. The Morgan fingerprint density at radius 2 is 1.72 bits per heavy atom. The fraction of sp³-hybridized carbons (Fsp3) is 0.545. The standard InChI is InChI=1S/C22H30N2O5/c1-14-9-10-17(13-15(14)2)19(25)11-12-20(26)29-16(3)21(27)24-22(28)23-18-7-5-4-6-8-18/h9-10,13,16,18H,4-8,11-12H2,1-3H3,(H2,23,24,27,28). The average molecular weight is 402 g/mol. The van der Waals surface area contributed by atoms with E-state index in [0.717, 1.165) is 43.2 Å². The highest BCUT2D eigenvalue weighted by Crippen LogP contribution is 2.17. The molecule has 1 unspecified atom stereocenters. The van der Waals surface area contributed by atoms with Crippen LogP contribution in [0.25, 0.3) is 0 Å².